The lowest BCUT2D eigenvalue weighted by Crippen LogP contribution is -2.31. The number of sulfonamides is 1. The number of halogens is 1. The summed E-state index contributed by atoms with van der Waals surface area (Å²) in [6.07, 6.45) is 1.75. The second kappa shape index (κ2) is 8.09. The Hall–Kier alpha value is -1.44. The van der Waals surface area contributed by atoms with E-state index in [1.165, 1.54) is 0 Å². The minimum absolute atomic E-state index is 0.00767. The molecule has 0 saturated heterocycles. The predicted octanol–water partition coefficient (Wildman–Crippen LogP) is 3.59. The summed E-state index contributed by atoms with van der Waals surface area (Å²) in [5.41, 5.74) is 2.90. The van der Waals surface area contributed by atoms with E-state index in [4.69, 9.17) is 0 Å². The number of hydrogen-bond acceptors (Lipinski definition) is 4. The summed E-state index contributed by atoms with van der Waals surface area (Å²) < 4.78 is 27.4. The first-order chi connectivity index (χ1) is 11.2. The summed E-state index contributed by atoms with van der Waals surface area (Å²) in [5, 5.41) is 3.29. The van der Waals surface area contributed by atoms with E-state index in [1.54, 1.807) is 6.20 Å². The Morgan fingerprint density at radius 2 is 1.79 bits per heavy atom. The lowest BCUT2D eigenvalue weighted by Gasteiger charge is -2.11. The first-order valence-electron chi connectivity index (χ1n) is 7.69. The molecule has 0 atom stereocenters. The minimum atomic E-state index is -3.29. The van der Waals surface area contributed by atoms with Gasteiger partial charge in [-0.2, -0.15) is 0 Å². The van der Waals surface area contributed by atoms with E-state index in [0.29, 0.717) is 6.54 Å². The van der Waals surface area contributed by atoms with E-state index >= 15 is 0 Å². The summed E-state index contributed by atoms with van der Waals surface area (Å²) in [5.74, 6) is 0.831. The first-order valence-corrected chi connectivity index (χ1v) is 10.1. The number of pyridine rings is 1. The molecule has 0 unspecified atom stereocenters. The zero-order valence-corrected chi connectivity index (χ0v) is 16.4. The highest BCUT2D eigenvalue weighted by atomic mass is 79.9. The van der Waals surface area contributed by atoms with Crippen molar-refractivity contribution in [3.05, 3.63) is 57.7 Å². The normalized spacial score (nSPS) is 11.7. The molecule has 2 aromatic rings. The number of rotatable bonds is 7. The molecule has 0 spiro atoms. The van der Waals surface area contributed by atoms with Gasteiger partial charge in [-0.15, -0.1) is 0 Å². The summed E-state index contributed by atoms with van der Waals surface area (Å²) in [7, 11) is -3.29. The van der Waals surface area contributed by atoms with Crippen molar-refractivity contribution in [1.82, 2.24) is 9.71 Å². The van der Waals surface area contributed by atoms with E-state index in [1.807, 2.05) is 51.1 Å². The Morgan fingerprint density at radius 3 is 2.38 bits per heavy atom. The number of hydrogen-bond donors (Lipinski definition) is 2. The van der Waals surface area contributed by atoms with E-state index in [-0.39, 0.29) is 11.8 Å². The van der Waals surface area contributed by atoms with Gasteiger partial charge in [-0.1, -0.05) is 24.3 Å². The first kappa shape index (κ1) is 18.9. The van der Waals surface area contributed by atoms with Crippen molar-refractivity contribution in [1.29, 1.82) is 0 Å². The third kappa shape index (κ3) is 5.89. The molecule has 0 aliphatic carbocycles. The molecule has 0 amide bonds. The molecule has 24 heavy (non-hydrogen) atoms. The molecule has 5 nitrogen and oxygen atoms in total. The fraction of sp³-hybridized carbons (Fsp3) is 0.353. The maximum absolute atomic E-state index is 11.9. The standard InChI is InChI=1S/C17H22BrN3O2S/c1-12(2)21-24(22,23)11-15-6-4-14(5-7-15)9-19-17-13(3)8-16(18)10-20-17/h4-8,10,12,21H,9,11H2,1-3H3,(H,19,20). The number of aromatic nitrogens is 1. The number of nitrogens with zero attached hydrogens (tertiary/aromatic N) is 1. The van der Waals surface area contributed by atoms with Crippen molar-refractivity contribution in [3.8, 4) is 0 Å². The molecule has 2 N–H and O–H groups in total. The van der Waals surface area contributed by atoms with Gasteiger partial charge in [-0.05, 0) is 59.5 Å². The van der Waals surface area contributed by atoms with E-state index in [2.05, 4.69) is 31.0 Å². The van der Waals surface area contributed by atoms with E-state index < -0.39 is 10.0 Å². The molecule has 1 heterocycles. The molecule has 0 bridgehead atoms. The van der Waals surface area contributed by atoms with Gasteiger partial charge in [0.1, 0.15) is 5.82 Å². The maximum atomic E-state index is 11.9. The van der Waals surface area contributed by atoms with Crippen LogP contribution in [0.1, 0.15) is 30.5 Å². The Labute approximate surface area is 152 Å². The van der Waals surface area contributed by atoms with Gasteiger partial charge in [0.2, 0.25) is 10.0 Å². The van der Waals surface area contributed by atoms with Crippen LogP contribution in [-0.4, -0.2) is 19.4 Å². The van der Waals surface area contributed by atoms with Crippen LogP contribution < -0.4 is 10.0 Å². The molecule has 130 valence electrons. The van der Waals surface area contributed by atoms with Crippen LogP contribution in [-0.2, 0) is 22.3 Å². The van der Waals surface area contributed by atoms with E-state index in [0.717, 1.165) is 27.0 Å². The van der Waals surface area contributed by atoms with Gasteiger partial charge < -0.3 is 5.32 Å². The molecule has 0 aliphatic heterocycles. The SMILES string of the molecule is Cc1cc(Br)cnc1NCc1ccc(CS(=O)(=O)NC(C)C)cc1. The Balaban J connectivity index is 1.97. The molecule has 0 fully saturated rings. The average molecular weight is 412 g/mol. The Bertz CT molecular complexity index is 790. The summed E-state index contributed by atoms with van der Waals surface area (Å²) in [6, 6.07) is 9.46. The molecule has 2 rings (SSSR count). The van der Waals surface area contributed by atoms with Crippen LogP contribution in [0.5, 0.6) is 0 Å². The van der Waals surface area contributed by atoms with Gasteiger partial charge in [0.15, 0.2) is 0 Å². The van der Waals surface area contributed by atoms with Gasteiger partial charge in [0.05, 0.1) is 5.75 Å². The van der Waals surface area contributed by atoms with Gasteiger partial charge in [0, 0.05) is 23.3 Å². The van der Waals surface area contributed by atoms with Crippen LogP contribution in [0.4, 0.5) is 5.82 Å². The second-order valence-corrected chi connectivity index (χ2v) is 8.69. The van der Waals surface area contributed by atoms with Crippen molar-refractivity contribution in [2.45, 2.75) is 39.1 Å². The largest absolute Gasteiger partial charge is 0.366 e. The Morgan fingerprint density at radius 1 is 1.17 bits per heavy atom. The molecule has 0 aliphatic rings. The van der Waals surface area contributed by atoms with Gasteiger partial charge in [-0.25, -0.2) is 18.1 Å². The quantitative estimate of drug-likeness (QED) is 0.729. The molecule has 1 aromatic carbocycles. The smallest absolute Gasteiger partial charge is 0.216 e. The van der Waals surface area contributed by atoms with Crippen LogP contribution >= 0.6 is 15.9 Å². The monoisotopic (exact) mass is 411 g/mol. The molecular formula is C17H22BrN3O2S. The van der Waals surface area contributed by atoms with E-state index in [9.17, 15) is 8.42 Å². The second-order valence-electron chi connectivity index (χ2n) is 6.02. The molecular weight excluding hydrogens is 390 g/mol. The van der Waals surface area contributed by atoms with Crippen molar-refractivity contribution in [3.63, 3.8) is 0 Å². The van der Waals surface area contributed by atoms with Gasteiger partial charge in [0.25, 0.3) is 0 Å². The number of anilines is 1. The number of aryl methyl sites for hydroxylation is 1. The lowest BCUT2D eigenvalue weighted by atomic mass is 10.1. The number of nitrogens with one attached hydrogen (secondary N) is 2. The predicted molar refractivity (Wildman–Crippen MR) is 101 cm³/mol. The third-order valence-corrected chi connectivity index (χ3v) is 5.28. The van der Waals surface area contributed by atoms with Gasteiger partial charge >= 0.3 is 0 Å². The van der Waals surface area contributed by atoms with Crippen molar-refractivity contribution >= 4 is 31.8 Å². The summed E-state index contributed by atoms with van der Waals surface area (Å²) in [6.45, 7) is 6.25. The van der Waals surface area contributed by atoms with Crippen molar-refractivity contribution in [2.24, 2.45) is 0 Å². The highest BCUT2D eigenvalue weighted by Crippen LogP contribution is 2.17. The summed E-state index contributed by atoms with van der Waals surface area (Å²) in [4.78, 5) is 4.34. The summed E-state index contributed by atoms with van der Waals surface area (Å²) >= 11 is 3.39. The fourth-order valence-corrected chi connectivity index (χ4v) is 4.16. The van der Waals surface area contributed by atoms with Crippen LogP contribution in [0, 0.1) is 6.92 Å². The Kier molecular flexibility index (Phi) is 6.37. The lowest BCUT2D eigenvalue weighted by molar-refractivity contribution is 0.569. The van der Waals surface area contributed by atoms with Crippen molar-refractivity contribution < 1.29 is 8.42 Å². The van der Waals surface area contributed by atoms with Gasteiger partial charge in [-0.3, -0.25) is 0 Å². The molecule has 0 saturated carbocycles. The van der Waals surface area contributed by atoms with Crippen molar-refractivity contribution in [2.75, 3.05) is 5.32 Å². The molecule has 1 aromatic heterocycles. The zero-order chi connectivity index (χ0) is 17.7. The van der Waals surface area contributed by atoms with Crippen LogP contribution in [0.25, 0.3) is 0 Å². The zero-order valence-electron chi connectivity index (χ0n) is 14.0. The minimum Gasteiger partial charge on any atom is -0.366 e. The topological polar surface area (TPSA) is 71.1 Å². The maximum Gasteiger partial charge on any atom is 0.216 e. The highest BCUT2D eigenvalue weighted by Gasteiger charge is 2.12. The fourth-order valence-electron chi connectivity index (χ4n) is 2.28. The average Bonchev–Trinajstić information content (AvgIpc) is 2.46. The van der Waals surface area contributed by atoms with Crippen LogP contribution in [0.3, 0.4) is 0 Å². The van der Waals surface area contributed by atoms with Crippen LogP contribution in [0.2, 0.25) is 0 Å². The molecule has 0 radical (unpaired) electrons. The third-order valence-electron chi connectivity index (χ3n) is 3.30. The van der Waals surface area contributed by atoms with Crippen LogP contribution in [0.15, 0.2) is 41.0 Å². The molecule has 7 heteroatoms. The highest BCUT2D eigenvalue weighted by molar-refractivity contribution is 9.10. The number of benzene rings is 1.